The number of nitrogens with zero attached hydrogens (tertiary/aromatic N) is 2. The standard InChI is InChI=1S/C29H48N2O11Si.6CH4/c1-10-27(4,24(35)42-16-13-32)18-28(5,25(36)40-14-11-17-43(37-7,38-8)39-9)19-29(6,21-31)22(33)12-15-41-23(34)26(2,3)20-30;;;;;;/h32H,10-19H2,1-9H3;6*1H4. The Hall–Kier alpha value is -2.88. The average molecular weight is 725 g/mol. The van der Waals surface area contributed by atoms with Crippen LogP contribution in [0.2, 0.25) is 6.04 Å². The van der Waals surface area contributed by atoms with Gasteiger partial charge in [-0.15, -0.1) is 0 Å². The highest BCUT2D eigenvalue weighted by atomic mass is 28.4. The third-order valence-electron chi connectivity index (χ3n) is 7.62. The number of aliphatic hydroxyl groups is 1. The Labute approximate surface area is 300 Å². The van der Waals surface area contributed by atoms with Crippen molar-refractivity contribution in [2.45, 2.75) is 124 Å². The summed E-state index contributed by atoms with van der Waals surface area (Å²) in [6, 6.07) is 4.18. The summed E-state index contributed by atoms with van der Waals surface area (Å²) in [4.78, 5) is 52.1. The molecule has 49 heavy (non-hydrogen) atoms. The maximum atomic E-state index is 13.7. The number of ketones is 1. The van der Waals surface area contributed by atoms with Gasteiger partial charge in [0.05, 0.1) is 42.8 Å². The van der Waals surface area contributed by atoms with Gasteiger partial charge in [0, 0.05) is 33.8 Å². The van der Waals surface area contributed by atoms with Crippen LogP contribution in [0.25, 0.3) is 0 Å². The highest BCUT2D eigenvalue weighted by molar-refractivity contribution is 6.60. The minimum absolute atomic E-state index is 0. The summed E-state index contributed by atoms with van der Waals surface area (Å²) in [6.45, 7) is 8.01. The Morgan fingerprint density at radius 2 is 1.12 bits per heavy atom. The molecule has 3 unspecified atom stereocenters. The van der Waals surface area contributed by atoms with Crippen LogP contribution in [0.3, 0.4) is 0 Å². The number of carbonyl (C=O) groups is 4. The Balaban J connectivity index is -0.000000588. The minimum atomic E-state index is -2.92. The van der Waals surface area contributed by atoms with Gasteiger partial charge in [-0.2, -0.15) is 10.5 Å². The van der Waals surface area contributed by atoms with Crippen LogP contribution in [0, 0.1) is 44.3 Å². The Morgan fingerprint density at radius 3 is 1.53 bits per heavy atom. The van der Waals surface area contributed by atoms with Crippen LogP contribution in [0.5, 0.6) is 0 Å². The van der Waals surface area contributed by atoms with E-state index in [4.69, 9.17) is 37.9 Å². The molecule has 0 aliphatic heterocycles. The topological polar surface area (TPSA) is 191 Å². The first-order valence-corrected chi connectivity index (χ1v) is 16.0. The molecule has 0 aromatic heterocycles. The van der Waals surface area contributed by atoms with E-state index >= 15 is 0 Å². The fourth-order valence-electron chi connectivity index (χ4n) is 4.63. The SMILES string of the molecule is C.C.C.C.C.C.CCC(C)(CC(C)(CC(C)(C#N)C(=O)CCOC(=O)C(C)(C)C#N)C(=O)OCCC[Si](OC)(OC)OC)C(=O)OCCO. The highest BCUT2D eigenvalue weighted by Crippen LogP contribution is 2.46. The molecule has 0 aromatic carbocycles. The van der Waals surface area contributed by atoms with Crippen molar-refractivity contribution in [1.29, 1.82) is 10.5 Å². The van der Waals surface area contributed by atoms with Crippen LogP contribution in [0.1, 0.15) is 118 Å². The van der Waals surface area contributed by atoms with Crippen LogP contribution < -0.4 is 0 Å². The van der Waals surface area contributed by atoms with E-state index in [9.17, 15) is 24.4 Å². The zero-order valence-corrected chi connectivity index (χ0v) is 28.0. The van der Waals surface area contributed by atoms with Crippen LogP contribution in [0.15, 0.2) is 0 Å². The van der Waals surface area contributed by atoms with Crippen molar-refractivity contribution in [3.05, 3.63) is 0 Å². The lowest BCUT2D eigenvalue weighted by atomic mass is 9.64. The number of hydrogen-bond donors (Lipinski definition) is 1. The van der Waals surface area contributed by atoms with Gasteiger partial charge in [-0.25, -0.2) is 0 Å². The average Bonchev–Trinajstić information content (AvgIpc) is 2.99. The predicted molar refractivity (Wildman–Crippen MR) is 195 cm³/mol. The van der Waals surface area contributed by atoms with Gasteiger partial charge in [-0.3, -0.25) is 19.2 Å². The Bertz CT molecular complexity index is 1040. The Kier molecular flexibility index (Phi) is 33.7. The zero-order valence-electron chi connectivity index (χ0n) is 27.0. The molecule has 0 amide bonds. The number of rotatable bonds is 21. The maximum absolute atomic E-state index is 13.7. The summed E-state index contributed by atoms with van der Waals surface area (Å²) >= 11 is 0. The number of nitriles is 2. The van der Waals surface area contributed by atoms with Crippen molar-refractivity contribution in [2.75, 3.05) is 47.8 Å². The molecule has 0 aliphatic rings. The number of esters is 3. The van der Waals surface area contributed by atoms with E-state index in [-0.39, 0.29) is 96.7 Å². The lowest BCUT2D eigenvalue weighted by Gasteiger charge is -2.39. The second-order valence-electron chi connectivity index (χ2n) is 11.7. The van der Waals surface area contributed by atoms with Crippen molar-refractivity contribution in [3.8, 4) is 12.1 Å². The third kappa shape index (κ3) is 17.6. The van der Waals surface area contributed by atoms with Gasteiger partial charge in [0.2, 0.25) is 0 Å². The molecule has 1 N–H and O–H groups in total. The number of Topliss-reactive ketones (excluding diaryl/α,β-unsaturated/α-hetero) is 1. The van der Waals surface area contributed by atoms with Gasteiger partial charge in [0.1, 0.15) is 17.4 Å². The summed E-state index contributed by atoms with van der Waals surface area (Å²) in [5, 5.41) is 28.3. The van der Waals surface area contributed by atoms with Gasteiger partial charge in [0.25, 0.3) is 0 Å². The molecule has 3 atom stereocenters. The summed E-state index contributed by atoms with van der Waals surface area (Å²) in [5.41, 5.74) is -5.86. The molecule has 0 rings (SSSR count). The van der Waals surface area contributed by atoms with E-state index in [0.717, 1.165) is 0 Å². The minimum Gasteiger partial charge on any atom is -0.465 e. The molecule has 0 spiro atoms. The van der Waals surface area contributed by atoms with Gasteiger partial charge in [0.15, 0.2) is 5.78 Å². The zero-order chi connectivity index (χ0) is 33.5. The molecule has 292 valence electrons. The molecular formula is C35H72N2O11Si. The lowest BCUT2D eigenvalue weighted by Crippen LogP contribution is -2.45. The van der Waals surface area contributed by atoms with Gasteiger partial charge in [-0.05, 0) is 60.3 Å². The van der Waals surface area contributed by atoms with Gasteiger partial charge >= 0.3 is 26.7 Å². The quantitative estimate of drug-likeness (QED) is 0.0555. The maximum Gasteiger partial charge on any atom is 0.500 e. The van der Waals surface area contributed by atoms with Crippen LogP contribution in [0.4, 0.5) is 0 Å². The third-order valence-corrected chi connectivity index (χ3v) is 10.5. The van der Waals surface area contributed by atoms with Crippen molar-refractivity contribution < 1.29 is 51.8 Å². The molecule has 0 fully saturated rings. The van der Waals surface area contributed by atoms with Crippen LogP contribution in [-0.2, 0) is 46.7 Å². The largest absolute Gasteiger partial charge is 0.500 e. The molecule has 0 radical (unpaired) electrons. The van der Waals surface area contributed by atoms with Crippen LogP contribution in [-0.4, -0.2) is 85.4 Å². The summed E-state index contributed by atoms with van der Waals surface area (Å²) < 4.78 is 32.1. The molecule has 0 aromatic rings. The normalized spacial score (nSPS) is 14.0. The second-order valence-corrected chi connectivity index (χ2v) is 14.8. The van der Waals surface area contributed by atoms with E-state index in [0.29, 0.717) is 12.5 Å². The monoisotopic (exact) mass is 724 g/mol. The summed E-state index contributed by atoms with van der Waals surface area (Å²) in [6.07, 6.45) is -0.161. The van der Waals surface area contributed by atoms with Crippen molar-refractivity contribution in [1.82, 2.24) is 0 Å². The first kappa shape index (κ1) is 61.3. The summed E-state index contributed by atoms with van der Waals surface area (Å²) in [7, 11) is 1.49. The van der Waals surface area contributed by atoms with Gasteiger partial charge in [-0.1, -0.05) is 51.5 Å². The molecule has 13 nitrogen and oxygen atoms in total. The molecular weight excluding hydrogens is 652 g/mol. The predicted octanol–water partition coefficient (Wildman–Crippen LogP) is 6.93. The molecule has 0 bridgehead atoms. The molecule has 0 heterocycles. The number of ether oxygens (including phenoxy) is 3. The molecule has 0 saturated heterocycles. The van der Waals surface area contributed by atoms with E-state index in [1.165, 1.54) is 49.0 Å². The van der Waals surface area contributed by atoms with E-state index in [1.54, 1.807) is 13.8 Å². The highest BCUT2D eigenvalue weighted by Gasteiger charge is 2.51. The molecule has 0 aliphatic carbocycles. The fourth-order valence-corrected chi connectivity index (χ4v) is 6.31. The lowest BCUT2D eigenvalue weighted by molar-refractivity contribution is -0.166. The number of carbonyl (C=O) groups excluding carboxylic acids is 4. The molecule has 14 heteroatoms. The van der Waals surface area contributed by atoms with E-state index < -0.39 is 54.2 Å². The second kappa shape index (κ2) is 26.9. The first-order chi connectivity index (χ1) is 19.9. The number of aliphatic hydroxyl groups excluding tert-OH is 1. The van der Waals surface area contributed by atoms with E-state index in [1.807, 2.05) is 12.1 Å². The summed E-state index contributed by atoms with van der Waals surface area (Å²) in [5.74, 6) is -2.76. The van der Waals surface area contributed by atoms with Crippen molar-refractivity contribution in [2.24, 2.45) is 21.7 Å². The fraction of sp³-hybridized carbons (Fsp3) is 0.829. The van der Waals surface area contributed by atoms with Crippen molar-refractivity contribution in [3.63, 3.8) is 0 Å². The van der Waals surface area contributed by atoms with Crippen molar-refractivity contribution >= 4 is 32.5 Å². The Morgan fingerprint density at radius 1 is 0.673 bits per heavy atom. The first-order valence-electron chi connectivity index (χ1n) is 14.1. The van der Waals surface area contributed by atoms with E-state index in [2.05, 4.69) is 0 Å². The van der Waals surface area contributed by atoms with Crippen LogP contribution >= 0.6 is 0 Å². The smallest absolute Gasteiger partial charge is 0.465 e. The molecule has 0 saturated carbocycles. The van der Waals surface area contributed by atoms with Gasteiger partial charge < -0.3 is 32.6 Å². The number of hydrogen-bond acceptors (Lipinski definition) is 13.